The molecule has 1 aromatic rings. The van der Waals surface area contributed by atoms with E-state index in [4.69, 9.17) is 11.6 Å². The molecule has 0 spiro atoms. The predicted molar refractivity (Wildman–Crippen MR) is 102 cm³/mol. The number of nitrogens with zero attached hydrogens (tertiary/aromatic N) is 1. The van der Waals surface area contributed by atoms with E-state index in [1.54, 1.807) is 18.2 Å². The fourth-order valence-electron chi connectivity index (χ4n) is 2.13. The van der Waals surface area contributed by atoms with Gasteiger partial charge in [-0.2, -0.15) is 0 Å². The van der Waals surface area contributed by atoms with Crippen molar-refractivity contribution in [1.29, 1.82) is 0 Å². The molecule has 2 rings (SSSR count). The van der Waals surface area contributed by atoms with Crippen LogP contribution in [0.5, 0.6) is 0 Å². The zero-order valence-electron chi connectivity index (χ0n) is 14.7. The van der Waals surface area contributed by atoms with Crippen LogP contribution in [0.15, 0.2) is 29.3 Å². The monoisotopic (exact) mass is 380 g/mol. The van der Waals surface area contributed by atoms with Crippen molar-refractivity contribution >= 4 is 46.6 Å². The van der Waals surface area contributed by atoms with Crippen molar-refractivity contribution in [3.63, 3.8) is 0 Å². The highest BCUT2D eigenvalue weighted by atomic mass is 35.5. The number of thioether (sulfide) groups is 1. The fourth-order valence-corrected chi connectivity index (χ4v) is 3.30. The molecule has 25 heavy (non-hydrogen) atoms. The van der Waals surface area contributed by atoms with E-state index in [0.29, 0.717) is 15.7 Å². The Balaban J connectivity index is 2.11. The van der Waals surface area contributed by atoms with Gasteiger partial charge in [-0.3, -0.25) is 19.3 Å². The lowest BCUT2D eigenvalue weighted by Crippen LogP contribution is -2.34. The Morgan fingerprint density at radius 1 is 1.36 bits per heavy atom. The molecule has 134 valence electrons. The molecule has 0 unspecified atom stereocenters. The third-order valence-electron chi connectivity index (χ3n) is 3.67. The van der Waals surface area contributed by atoms with Crippen molar-refractivity contribution in [1.82, 2.24) is 4.90 Å². The molecule has 1 N–H and O–H groups in total. The molecule has 0 atom stereocenters. The molecule has 1 fully saturated rings. The summed E-state index contributed by atoms with van der Waals surface area (Å²) in [5.74, 6) is -0.351. The van der Waals surface area contributed by atoms with Crippen molar-refractivity contribution in [3.05, 3.63) is 39.9 Å². The molecular formula is C18H21ClN2O3S. The van der Waals surface area contributed by atoms with Gasteiger partial charge in [-0.25, -0.2) is 0 Å². The van der Waals surface area contributed by atoms with Gasteiger partial charge >= 0.3 is 0 Å². The highest BCUT2D eigenvalue weighted by molar-refractivity contribution is 8.04. The summed E-state index contributed by atoms with van der Waals surface area (Å²) in [4.78, 5) is 37.9. The Morgan fingerprint density at radius 2 is 2.04 bits per heavy atom. The van der Waals surface area contributed by atoms with Crippen molar-refractivity contribution in [2.24, 2.45) is 5.41 Å². The van der Waals surface area contributed by atoms with E-state index in [2.05, 4.69) is 5.32 Å². The second kappa shape index (κ2) is 7.62. The zero-order chi connectivity index (χ0) is 18.8. The normalized spacial score (nSPS) is 16.4. The van der Waals surface area contributed by atoms with Crippen molar-refractivity contribution in [2.75, 3.05) is 17.6 Å². The van der Waals surface area contributed by atoms with Gasteiger partial charge in [-0.1, -0.05) is 44.1 Å². The minimum Gasteiger partial charge on any atom is -0.324 e. The van der Waals surface area contributed by atoms with Crippen LogP contribution in [0.3, 0.4) is 0 Å². The molecule has 0 radical (unpaired) electrons. The topological polar surface area (TPSA) is 66.5 Å². The molecule has 0 aliphatic carbocycles. The number of amides is 2. The summed E-state index contributed by atoms with van der Waals surface area (Å²) in [6.07, 6.45) is 1.45. The molecule has 2 amide bonds. The predicted octanol–water partition coefficient (Wildman–Crippen LogP) is 3.62. The molecule has 1 saturated heterocycles. The first kappa shape index (κ1) is 19.5. The van der Waals surface area contributed by atoms with Gasteiger partial charge in [0.1, 0.15) is 6.54 Å². The molecule has 1 heterocycles. The van der Waals surface area contributed by atoms with Gasteiger partial charge in [0.2, 0.25) is 11.8 Å². The maximum atomic E-state index is 12.3. The van der Waals surface area contributed by atoms with Gasteiger partial charge in [0.15, 0.2) is 5.78 Å². The Labute approximate surface area is 156 Å². The Hall–Kier alpha value is -1.79. The number of benzene rings is 1. The molecular weight excluding hydrogens is 360 g/mol. The maximum absolute atomic E-state index is 12.3. The van der Waals surface area contributed by atoms with E-state index >= 15 is 0 Å². The van der Waals surface area contributed by atoms with E-state index in [-0.39, 0.29) is 29.9 Å². The molecule has 0 bridgehead atoms. The fraction of sp³-hybridized carbons (Fsp3) is 0.389. The van der Waals surface area contributed by atoms with Crippen LogP contribution >= 0.6 is 23.4 Å². The van der Waals surface area contributed by atoms with E-state index in [0.717, 1.165) is 5.56 Å². The van der Waals surface area contributed by atoms with Gasteiger partial charge in [-0.15, -0.1) is 0 Å². The minimum absolute atomic E-state index is 0.0800. The lowest BCUT2D eigenvalue weighted by Gasteiger charge is -2.19. The number of carbonyl (C=O) groups excluding carboxylic acids is 3. The summed E-state index contributed by atoms with van der Waals surface area (Å²) in [5, 5.41) is 3.89. The number of halogens is 1. The smallest absolute Gasteiger partial charge is 0.244 e. The Bertz CT molecular complexity index is 753. The maximum Gasteiger partial charge on any atom is 0.244 e. The third-order valence-corrected chi connectivity index (χ3v) is 4.93. The Kier molecular flexibility index (Phi) is 5.95. The van der Waals surface area contributed by atoms with Crippen molar-refractivity contribution in [2.45, 2.75) is 27.7 Å². The number of rotatable bonds is 4. The number of aryl methyl sites for hydroxylation is 1. The zero-order valence-corrected chi connectivity index (χ0v) is 16.3. The van der Waals surface area contributed by atoms with E-state index in [9.17, 15) is 14.4 Å². The first-order chi connectivity index (χ1) is 11.6. The summed E-state index contributed by atoms with van der Waals surface area (Å²) >= 11 is 7.18. The summed E-state index contributed by atoms with van der Waals surface area (Å²) in [7, 11) is 0. The molecule has 5 nitrogen and oxygen atoms in total. The number of carbonyl (C=O) groups is 3. The van der Waals surface area contributed by atoms with Crippen LogP contribution in [0.1, 0.15) is 26.3 Å². The molecule has 0 saturated carbocycles. The average Bonchev–Trinajstić information content (AvgIpc) is 2.82. The molecule has 0 aromatic heterocycles. The SMILES string of the molecule is Cc1cc(Cl)ccc1NC(=O)CN1C(=O)CS/C1=C\C(=O)C(C)(C)C. The van der Waals surface area contributed by atoms with Gasteiger partial charge < -0.3 is 5.32 Å². The number of allylic oxidation sites excluding steroid dienone is 1. The highest BCUT2D eigenvalue weighted by Crippen LogP contribution is 2.30. The lowest BCUT2D eigenvalue weighted by molar-refractivity contribution is -0.129. The largest absolute Gasteiger partial charge is 0.324 e. The Morgan fingerprint density at radius 3 is 2.64 bits per heavy atom. The number of hydrogen-bond acceptors (Lipinski definition) is 4. The molecule has 7 heteroatoms. The first-order valence-corrected chi connectivity index (χ1v) is 9.19. The van der Waals surface area contributed by atoms with Gasteiger partial charge in [0.05, 0.1) is 10.8 Å². The molecule has 1 aliphatic rings. The standard InChI is InChI=1S/C18H21ClN2O3S/c1-11-7-12(19)5-6-13(11)20-15(23)9-21-16(24)10-25-17(21)8-14(22)18(2,3)4/h5-8H,9-10H2,1-4H3,(H,20,23)/b17-8-. The molecule has 1 aromatic carbocycles. The number of nitrogens with one attached hydrogen (secondary N) is 1. The van der Waals surface area contributed by atoms with Crippen LogP contribution in [0.4, 0.5) is 5.69 Å². The quantitative estimate of drug-likeness (QED) is 0.810. The highest BCUT2D eigenvalue weighted by Gasteiger charge is 2.30. The lowest BCUT2D eigenvalue weighted by atomic mass is 9.91. The summed E-state index contributed by atoms with van der Waals surface area (Å²) in [6, 6.07) is 5.16. The third kappa shape index (κ3) is 5.09. The summed E-state index contributed by atoms with van der Waals surface area (Å²) in [6.45, 7) is 7.15. The van der Waals surface area contributed by atoms with E-state index < -0.39 is 5.41 Å². The van der Waals surface area contributed by atoms with Crippen molar-refractivity contribution in [3.8, 4) is 0 Å². The van der Waals surface area contributed by atoms with Gasteiger partial charge in [0.25, 0.3) is 0 Å². The minimum atomic E-state index is -0.534. The van der Waals surface area contributed by atoms with Crippen LogP contribution in [0, 0.1) is 12.3 Å². The van der Waals surface area contributed by atoms with Gasteiger partial charge in [-0.05, 0) is 30.7 Å². The number of hydrogen-bond donors (Lipinski definition) is 1. The van der Waals surface area contributed by atoms with Crippen molar-refractivity contribution < 1.29 is 14.4 Å². The summed E-state index contributed by atoms with van der Waals surface area (Å²) in [5.41, 5.74) is 0.944. The van der Waals surface area contributed by atoms with Crippen LogP contribution < -0.4 is 5.32 Å². The second-order valence-electron chi connectivity index (χ2n) is 6.87. The average molecular weight is 381 g/mol. The van der Waals surface area contributed by atoms with Crippen LogP contribution in [0.2, 0.25) is 5.02 Å². The molecule has 1 aliphatic heterocycles. The van der Waals surface area contributed by atoms with Crippen LogP contribution in [-0.4, -0.2) is 34.8 Å². The van der Waals surface area contributed by atoms with E-state index in [1.165, 1.54) is 22.7 Å². The second-order valence-corrected chi connectivity index (χ2v) is 8.30. The van der Waals surface area contributed by atoms with E-state index in [1.807, 2.05) is 27.7 Å². The number of anilines is 1. The number of ketones is 1. The first-order valence-electron chi connectivity index (χ1n) is 7.83. The van der Waals surface area contributed by atoms with Crippen LogP contribution in [-0.2, 0) is 14.4 Å². The van der Waals surface area contributed by atoms with Crippen LogP contribution in [0.25, 0.3) is 0 Å². The summed E-state index contributed by atoms with van der Waals surface area (Å²) < 4.78 is 0. The van der Waals surface area contributed by atoms with Gasteiger partial charge in [0, 0.05) is 22.2 Å².